The molecule has 0 radical (unpaired) electrons. The Kier molecular flexibility index (Phi) is 85.9. The van der Waals surface area contributed by atoms with Crippen LogP contribution in [-0.2, 0) is 21.7 Å². The first-order chi connectivity index (χ1) is 8.91. The standard InChI is InChI=1S/C12H25.3CH4O.Ti/c1-3-5-7-9-11-12-10-8-6-4-2;3*1-2;/h1,3-12H2,2H3;3*2H,1H3;/q-1;;;;. The molecule has 0 unspecified atom stereocenters. The average Bonchev–Trinajstić information content (AvgIpc) is 2.48. The molecular weight excluding hydrogens is 276 g/mol. The van der Waals surface area contributed by atoms with Crippen LogP contribution in [0, 0.1) is 6.92 Å². The van der Waals surface area contributed by atoms with Gasteiger partial charge in [0.05, 0.1) is 0 Å². The van der Waals surface area contributed by atoms with Gasteiger partial charge in [0.1, 0.15) is 0 Å². The number of rotatable bonds is 9. The second-order valence-electron chi connectivity index (χ2n) is 3.68. The molecule has 0 aliphatic carbocycles. The molecule has 0 spiro atoms. The van der Waals surface area contributed by atoms with Crippen molar-refractivity contribution in [1.29, 1.82) is 0 Å². The van der Waals surface area contributed by atoms with E-state index in [1.54, 1.807) is 0 Å². The third-order valence-corrected chi connectivity index (χ3v) is 2.35. The molecule has 0 atom stereocenters. The maximum Gasteiger partial charge on any atom is 0.0319 e. The van der Waals surface area contributed by atoms with E-state index < -0.39 is 0 Å². The summed E-state index contributed by atoms with van der Waals surface area (Å²) in [5.74, 6) is 0. The Labute approximate surface area is 136 Å². The van der Waals surface area contributed by atoms with Crippen LogP contribution in [0.1, 0.15) is 71.1 Å². The molecule has 0 aromatic carbocycles. The fourth-order valence-electron chi connectivity index (χ4n) is 1.49. The molecule has 0 aliphatic heterocycles. The second kappa shape index (κ2) is 51.3. The Balaban J connectivity index is -0.0000000816. The van der Waals surface area contributed by atoms with E-state index in [2.05, 4.69) is 13.8 Å². The van der Waals surface area contributed by atoms with E-state index in [0.29, 0.717) is 0 Å². The summed E-state index contributed by atoms with van der Waals surface area (Å²) in [6.45, 7) is 6.12. The molecule has 0 aromatic heterocycles. The summed E-state index contributed by atoms with van der Waals surface area (Å²) < 4.78 is 0. The van der Waals surface area contributed by atoms with Gasteiger partial charge in [-0.05, 0) is 0 Å². The van der Waals surface area contributed by atoms with Crippen LogP contribution in [0.25, 0.3) is 0 Å². The number of aliphatic hydroxyl groups excluding tert-OH is 3. The minimum atomic E-state index is 0. The molecule has 0 aromatic rings. The quantitative estimate of drug-likeness (QED) is 0.346. The van der Waals surface area contributed by atoms with Crippen LogP contribution < -0.4 is 0 Å². The van der Waals surface area contributed by atoms with Crippen molar-refractivity contribution in [3.8, 4) is 0 Å². The molecule has 0 bridgehead atoms. The Morgan fingerprint density at radius 3 is 1.11 bits per heavy atom. The second-order valence-corrected chi connectivity index (χ2v) is 3.68. The van der Waals surface area contributed by atoms with Gasteiger partial charge in [0.2, 0.25) is 0 Å². The number of hydrogen-bond donors (Lipinski definition) is 3. The smallest absolute Gasteiger partial charge is 0.0319 e. The van der Waals surface area contributed by atoms with Gasteiger partial charge in [-0.3, -0.25) is 0 Å². The predicted molar refractivity (Wildman–Crippen MR) is 81.6 cm³/mol. The van der Waals surface area contributed by atoms with E-state index in [9.17, 15) is 0 Å². The van der Waals surface area contributed by atoms with Gasteiger partial charge in [0.15, 0.2) is 0 Å². The van der Waals surface area contributed by atoms with E-state index in [1.165, 1.54) is 57.8 Å². The van der Waals surface area contributed by atoms with Crippen LogP contribution in [-0.4, -0.2) is 36.6 Å². The summed E-state index contributed by atoms with van der Waals surface area (Å²) in [5.41, 5.74) is 0. The molecule has 0 saturated heterocycles. The minimum absolute atomic E-state index is 0. The Bertz CT molecular complexity index is 73.8. The number of unbranched alkanes of at least 4 members (excludes halogenated alkanes) is 9. The number of hydrogen-bond acceptors (Lipinski definition) is 3. The van der Waals surface area contributed by atoms with Crippen molar-refractivity contribution in [1.82, 2.24) is 0 Å². The molecule has 0 heterocycles. The normalized spacial score (nSPS) is 7.58. The fourth-order valence-corrected chi connectivity index (χ4v) is 1.49. The predicted octanol–water partition coefficient (Wildman–Crippen LogP) is 3.56. The molecule has 3 nitrogen and oxygen atoms in total. The molecule has 0 saturated carbocycles. The zero-order valence-corrected chi connectivity index (χ0v) is 15.2. The Hall–Kier alpha value is 0.594. The zero-order chi connectivity index (χ0) is 15.1. The van der Waals surface area contributed by atoms with Crippen molar-refractivity contribution >= 4 is 0 Å². The average molecular weight is 313 g/mol. The first-order valence-corrected chi connectivity index (χ1v) is 7.05. The van der Waals surface area contributed by atoms with E-state index in [1.807, 2.05) is 0 Å². The van der Waals surface area contributed by atoms with Crippen molar-refractivity contribution < 1.29 is 37.0 Å². The van der Waals surface area contributed by atoms with Crippen LogP contribution in [0.3, 0.4) is 0 Å². The monoisotopic (exact) mass is 313 g/mol. The van der Waals surface area contributed by atoms with E-state index in [-0.39, 0.29) is 21.7 Å². The molecule has 0 fully saturated rings. The first-order valence-electron chi connectivity index (χ1n) is 7.05. The summed E-state index contributed by atoms with van der Waals surface area (Å²) >= 11 is 0. The molecular formula is C15H37O3Ti-. The SMILES string of the molecule is CO.CO.CO.[CH2-]CCCCCCCCCCC.[Ti]. The van der Waals surface area contributed by atoms with Crippen molar-refractivity contribution in [2.45, 2.75) is 71.1 Å². The van der Waals surface area contributed by atoms with E-state index in [4.69, 9.17) is 15.3 Å². The van der Waals surface area contributed by atoms with Gasteiger partial charge < -0.3 is 22.2 Å². The summed E-state index contributed by atoms with van der Waals surface area (Å²) in [5, 5.41) is 21.0. The Morgan fingerprint density at radius 1 is 0.579 bits per heavy atom. The molecule has 0 rings (SSSR count). The van der Waals surface area contributed by atoms with Crippen molar-refractivity contribution in [2.24, 2.45) is 0 Å². The van der Waals surface area contributed by atoms with Gasteiger partial charge in [0.25, 0.3) is 0 Å². The summed E-state index contributed by atoms with van der Waals surface area (Å²) in [6, 6.07) is 0. The maximum atomic E-state index is 7.00. The third-order valence-electron chi connectivity index (χ3n) is 2.35. The van der Waals surface area contributed by atoms with Crippen molar-refractivity contribution in [3.63, 3.8) is 0 Å². The van der Waals surface area contributed by atoms with Crippen molar-refractivity contribution in [2.75, 3.05) is 21.3 Å². The number of aliphatic hydroxyl groups is 3. The van der Waals surface area contributed by atoms with Crippen LogP contribution in [0.15, 0.2) is 0 Å². The van der Waals surface area contributed by atoms with Crippen LogP contribution in [0.2, 0.25) is 0 Å². The molecule has 0 aliphatic rings. The largest absolute Gasteiger partial charge is 0.400 e. The summed E-state index contributed by atoms with van der Waals surface area (Å²) in [7, 11) is 3.00. The zero-order valence-electron chi connectivity index (χ0n) is 13.6. The van der Waals surface area contributed by atoms with Crippen LogP contribution >= 0.6 is 0 Å². The molecule has 120 valence electrons. The molecule has 4 heteroatoms. The van der Waals surface area contributed by atoms with Crippen molar-refractivity contribution in [3.05, 3.63) is 6.92 Å². The first kappa shape index (κ1) is 31.8. The maximum absolute atomic E-state index is 7.00. The van der Waals surface area contributed by atoms with Gasteiger partial charge in [-0.1, -0.05) is 64.7 Å². The van der Waals surface area contributed by atoms with E-state index in [0.717, 1.165) is 27.8 Å². The Morgan fingerprint density at radius 2 is 0.842 bits per heavy atom. The van der Waals surface area contributed by atoms with Gasteiger partial charge >= 0.3 is 0 Å². The topological polar surface area (TPSA) is 60.7 Å². The van der Waals surface area contributed by atoms with Crippen LogP contribution in [0.4, 0.5) is 0 Å². The minimum Gasteiger partial charge on any atom is -0.400 e. The molecule has 19 heavy (non-hydrogen) atoms. The van der Waals surface area contributed by atoms with Gasteiger partial charge in [-0.2, -0.15) is 6.42 Å². The third kappa shape index (κ3) is 55.6. The van der Waals surface area contributed by atoms with Gasteiger partial charge in [-0.25, -0.2) is 0 Å². The molecule has 0 amide bonds. The van der Waals surface area contributed by atoms with Gasteiger partial charge in [-0.15, -0.1) is 0 Å². The van der Waals surface area contributed by atoms with Crippen LogP contribution in [0.5, 0.6) is 0 Å². The fraction of sp³-hybridized carbons (Fsp3) is 0.933. The van der Waals surface area contributed by atoms with Gasteiger partial charge in [0, 0.05) is 43.0 Å². The summed E-state index contributed by atoms with van der Waals surface area (Å²) in [6.07, 6.45) is 13.9. The summed E-state index contributed by atoms with van der Waals surface area (Å²) in [4.78, 5) is 0. The van der Waals surface area contributed by atoms with E-state index >= 15 is 0 Å². The molecule has 3 N–H and O–H groups in total.